The number of hydrogen-bond acceptors (Lipinski definition) is 3. The molecule has 6 heteroatoms. The van der Waals surface area contributed by atoms with Crippen LogP contribution in [0.2, 0.25) is 0 Å². The van der Waals surface area contributed by atoms with E-state index >= 15 is 0 Å². The first-order valence-corrected chi connectivity index (χ1v) is 6.61. The van der Waals surface area contributed by atoms with Crippen LogP contribution in [-0.4, -0.2) is 19.3 Å². The monoisotopic (exact) mass is 285 g/mol. The summed E-state index contributed by atoms with van der Waals surface area (Å²) in [6.45, 7) is 1.86. The lowest BCUT2D eigenvalue weighted by Gasteiger charge is -2.07. The fraction of sp³-hybridized carbons (Fsp3) is 0.214. The number of benzene rings is 1. The van der Waals surface area contributed by atoms with E-state index in [0.717, 1.165) is 11.3 Å². The maximum atomic E-state index is 9.20. The van der Waals surface area contributed by atoms with Gasteiger partial charge in [0.15, 0.2) is 5.82 Å². The van der Waals surface area contributed by atoms with Crippen molar-refractivity contribution < 1.29 is 0 Å². The molecule has 3 aromatic rings. The third-order valence-electron chi connectivity index (χ3n) is 3.12. The van der Waals surface area contributed by atoms with Gasteiger partial charge in [-0.25, -0.2) is 4.98 Å². The van der Waals surface area contributed by atoms with Gasteiger partial charge in [-0.05, 0) is 19.1 Å². The van der Waals surface area contributed by atoms with E-state index in [1.165, 1.54) is 0 Å². The van der Waals surface area contributed by atoms with Crippen LogP contribution in [0.4, 0.5) is 0 Å². The van der Waals surface area contributed by atoms with Crippen molar-refractivity contribution >= 4 is 22.6 Å². The normalized spacial score (nSPS) is 12.5. The highest BCUT2D eigenvalue weighted by Crippen LogP contribution is 2.28. The zero-order valence-corrected chi connectivity index (χ0v) is 11.8. The zero-order valence-electron chi connectivity index (χ0n) is 11.1. The summed E-state index contributed by atoms with van der Waals surface area (Å²) in [4.78, 5) is 4.53. The Balaban J connectivity index is 2.39. The Bertz CT molecular complexity index is 822. The van der Waals surface area contributed by atoms with Crippen LogP contribution in [0.15, 0.2) is 30.5 Å². The van der Waals surface area contributed by atoms with Crippen molar-refractivity contribution in [2.75, 3.05) is 0 Å². The van der Waals surface area contributed by atoms with Crippen LogP contribution in [0.5, 0.6) is 0 Å². The van der Waals surface area contributed by atoms with Gasteiger partial charge in [0.05, 0.1) is 16.5 Å². The molecule has 0 spiro atoms. The van der Waals surface area contributed by atoms with E-state index in [0.29, 0.717) is 16.9 Å². The molecule has 0 radical (unpaired) electrons. The van der Waals surface area contributed by atoms with Crippen molar-refractivity contribution in [3.05, 3.63) is 41.9 Å². The lowest BCUT2D eigenvalue weighted by Crippen LogP contribution is -2.03. The summed E-state index contributed by atoms with van der Waals surface area (Å²) in [5.74, 6) is 1.43. The molecule has 1 aromatic carbocycles. The van der Waals surface area contributed by atoms with Crippen LogP contribution >= 0.6 is 11.6 Å². The molecule has 0 aliphatic carbocycles. The van der Waals surface area contributed by atoms with Gasteiger partial charge in [0, 0.05) is 19.3 Å². The molecule has 0 N–H and O–H groups in total. The van der Waals surface area contributed by atoms with E-state index in [-0.39, 0.29) is 5.38 Å². The number of nitrogens with zero attached hydrogens (tertiary/aromatic N) is 5. The average Bonchev–Trinajstić information content (AvgIpc) is 3.01. The fourth-order valence-corrected chi connectivity index (χ4v) is 2.38. The Morgan fingerprint density at radius 1 is 1.35 bits per heavy atom. The molecule has 2 aromatic heterocycles. The lowest BCUT2D eigenvalue weighted by atomic mass is 10.2. The molecule has 5 nitrogen and oxygen atoms in total. The maximum Gasteiger partial charge on any atom is 0.160 e. The third kappa shape index (κ3) is 1.86. The number of para-hydroxylation sites is 1. The average molecular weight is 286 g/mol. The standard InChI is InChI=1S/C14H12ClN5/c1-9(15)14-17-13-10(8-16)4-3-5-11(13)20(14)12-6-7-19(2)18-12/h3-7,9H,1-2H3. The summed E-state index contributed by atoms with van der Waals surface area (Å²) >= 11 is 6.23. The first-order valence-electron chi connectivity index (χ1n) is 6.17. The molecule has 100 valence electrons. The SMILES string of the molecule is CC(Cl)c1nc2c(C#N)cccc2n1-c1ccn(C)n1. The van der Waals surface area contributed by atoms with E-state index in [1.807, 2.05) is 42.9 Å². The molecule has 0 bridgehead atoms. The van der Waals surface area contributed by atoms with E-state index in [4.69, 9.17) is 11.6 Å². The van der Waals surface area contributed by atoms with Gasteiger partial charge in [0.1, 0.15) is 17.4 Å². The van der Waals surface area contributed by atoms with Crippen LogP contribution in [0, 0.1) is 11.3 Å². The summed E-state index contributed by atoms with van der Waals surface area (Å²) in [6, 6.07) is 9.56. The Kier molecular flexibility index (Phi) is 2.96. The van der Waals surface area contributed by atoms with Crippen molar-refractivity contribution in [1.29, 1.82) is 5.26 Å². The van der Waals surface area contributed by atoms with Crippen LogP contribution in [-0.2, 0) is 7.05 Å². The van der Waals surface area contributed by atoms with Gasteiger partial charge >= 0.3 is 0 Å². The van der Waals surface area contributed by atoms with Crippen molar-refractivity contribution in [3.8, 4) is 11.9 Å². The second-order valence-electron chi connectivity index (χ2n) is 4.55. The number of nitriles is 1. The number of rotatable bonds is 2. The first kappa shape index (κ1) is 12.7. The molecule has 20 heavy (non-hydrogen) atoms. The van der Waals surface area contributed by atoms with Crippen molar-refractivity contribution in [2.45, 2.75) is 12.3 Å². The molecule has 0 saturated heterocycles. The van der Waals surface area contributed by atoms with Gasteiger partial charge < -0.3 is 0 Å². The Morgan fingerprint density at radius 3 is 2.75 bits per heavy atom. The maximum absolute atomic E-state index is 9.20. The summed E-state index contributed by atoms with van der Waals surface area (Å²) in [5.41, 5.74) is 2.03. The quantitative estimate of drug-likeness (QED) is 0.680. The number of halogens is 1. The molecule has 3 rings (SSSR count). The summed E-state index contributed by atoms with van der Waals surface area (Å²) in [7, 11) is 1.85. The number of alkyl halides is 1. The van der Waals surface area contributed by atoms with Gasteiger partial charge in [0.25, 0.3) is 0 Å². The minimum atomic E-state index is -0.282. The lowest BCUT2D eigenvalue weighted by molar-refractivity contribution is 0.744. The predicted molar refractivity (Wildman–Crippen MR) is 76.8 cm³/mol. The molecule has 0 amide bonds. The highest BCUT2D eigenvalue weighted by atomic mass is 35.5. The summed E-state index contributed by atoms with van der Waals surface area (Å²) in [5, 5.41) is 13.3. The number of fused-ring (bicyclic) bond motifs is 1. The third-order valence-corrected chi connectivity index (χ3v) is 3.31. The van der Waals surface area contributed by atoms with Crippen LogP contribution < -0.4 is 0 Å². The number of hydrogen-bond donors (Lipinski definition) is 0. The van der Waals surface area contributed by atoms with Gasteiger partial charge in [-0.3, -0.25) is 9.25 Å². The van der Waals surface area contributed by atoms with Gasteiger partial charge in [-0.1, -0.05) is 6.07 Å². The molecule has 0 fully saturated rings. The zero-order chi connectivity index (χ0) is 14.3. The number of aromatic nitrogens is 4. The van der Waals surface area contributed by atoms with E-state index in [2.05, 4.69) is 16.2 Å². The highest BCUT2D eigenvalue weighted by Gasteiger charge is 2.19. The summed E-state index contributed by atoms with van der Waals surface area (Å²) < 4.78 is 3.62. The number of imidazole rings is 1. The molecular weight excluding hydrogens is 274 g/mol. The Morgan fingerprint density at radius 2 is 2.15 bits per heavy atom. The van der Waals surface area contributed by atoms with Crippen molar-refractivity contribution in [3.63, 3.8) is 0 Å². The van der Waals surface area contributed by atoms with E-state index in [9.17, 15) is 5.26 Å². The van der Waals surface area contributed by atoms with E-state index in [1.54, 1.807) is 10.7 Å². The van der Waals surface area contributed by atoms with Crippen molar-refractivity contribution in [2.24, 2.45) is 7.05 Å². The molecule has 0 saturated carbocycles. The molecule has 0 aliphatic rings. The van der Waals surface area contributed by atoms with Gasteiger partial charge in [-0.15, -0.1) is 11.6 Å². The molecule has 2 heterocycles. The van der Waals surface area contributed by atoms with Crippen LogP contribution in [0.1, 0.15) is 23.7 Å². The summed E-state index contributed by atoms with van der Waals surface area (Å²) in [6.07, 6.45) is 1.86. The topological polar surface area (TPSA) is 59.4 Å². The number of aryl methyl sites for hydroxylation is 1. The van der Waals surface area contributed by atoms with Gasteiger partial charge in [0.2, 0.25) is 0 Å². The fourth-order valence-electron chi connectivity index (χ4n) is 2.24. The molecule has 1 unspecified atom stereocenters. The minimum absolute atomic E-state index is 0.282. The molecular formula is C14H12ClN5. The highest BCUT2D eigenvalue weighted by molar-refractivity contribution is 6.20. The molecule has 1 atom stereocenters. The van der Waals surface area contributed by atoms with Crippen molar-refractivity contribution in [1.82, 2.24) is 19.3 Å². The Labute approximate surface area is 121 Å². The smallest absolute Gasteiger partial charge is 0.160 e. The predicted octanol–water partition coefficient (Wildman–Crippen LogP) is 2.93. The largest absolute Gasteiger partial charge is 0.278 e. The Hall–Kier alpha value is -2.32. The van der Waals surface area contributed by atoms with Gasteiger partial charge in [-0.2, -0.15) is 10.4 Å². The second kappa shape index (κ2) is 4.66. The van der Waals surface area contributed by atoms with Crippen LogP contribution in [0.25, 0.3) is 16.9 Å². The molecule has 0 aliphatic heterocycles. The second-order valence-corrected chi connectivity index (χ2v) is 5.21. The first-order chi connectivity index (χ1) is 9.61. The minimum Gasteiger partial charge on any atom is -0.278 e. The van der Waals surface area contributed by atoms with E-state index < -0.39 is 0 Å². The van der Waals surface area contributed by atoms with Crippen LogP contribution in [0.3, 0.4) is 0 Å².